The van der Waals surface area contributed by atoms with Gasteiger partial charge in [0.2, 0.25) is 10.0 Å². The Balaban J connectivity index is 1.81. The molecule has 102 valence electrons. The Labute approximate surface area is 117 Å². The van der Waals surface area contributed by atoms with Crippen molar-refractivity contribution in [3.05, 3.63) is 21.3 Å². The molecule has 1 atom stereocenters. The second-order valence-electron chi connectivity index (χ2n) is 4.57. The lowest BCUT2D eigenvalue weighted by atomic mass is 10.4. The van der Waals surface area contributed by atoms with Crippen LogP contribution in [-0.2, 0) is 16.6 Å². The summed E-state index contributed by atoms with van der Waals surface area (Å²) < 4.78 is 27.2. The third kappa shape index (κ3) is 4.20. The lowest BCUT2D eigenvalue weighted by Gasteiger charge is -2.14. The predicted molar refractivity (Wildman–Crippen MR) is 75.6 cm³/mol. The highest BCUT2D eigenvalue weighted by Crippen LogP contribution is 2.21. The third-order valence-electron chi connectivity index (χ3n) is 2.88. The van der Waals surface area contributed by atoms with Crippen molar-refractivity contribution in [3.63, 3.8) is 0 Å². The van der Waals surface area contributed by atoms with Crippen LogP contribution in [0.1, 0.15) is 24.6 Å². The van der Waals surface area contributed by atoms with E-state index in [0.29, 0.717) is 23.5 Å². The topological polar surface area (TPSA) is 58.2 Å². The second-order valence-corrected chi connectivity index (χ2v) is 8.55. The standard InChI is InChI=1S/C11H17ClN2O2S2/c1-8(6-13-9-2-3-9)18(15,16)14-7-10-4-5-11(12)17-10/h4-5,8-9,13-14H,2-3,6-7H2,1H3. The van der Waals surface area contributed by atoms with Crippen molar-refractivity contribution in [2.24, 2.45) is 0 Å². The highest BCUT2D eigenvalue weighted by molar-refractivity contribution is 7.90. The molecule has 0 aromatic carbocycles. The third-order valence-corrected chi connectivity index (χ3v) is 5.88. The van der Waals surface area contributed by atoms with E-state index >= 15 is 0 Å². The Hall–Kier alpha value is -0.140. The summed E-state index contributed by atoms with van der Waals surface area (Å²) in [6.45, 7) is 2.54. The van der Waals surface area contributed by atoms with Crippen molar-refractivity contribution in [3.8, 4) is 0 Å². The van der Waals surface area contributed by atoms with E-state index in [1.54, 1.807) is 13.0 Å². The Kier molecular flexibility index (Phi) is 4.66. The minimum Gasteiger partial charge on any atom is -0.313 e. The largest absolute Gasteiger partial charge is 0.313 e. The van der Waals surface area contributed by atoms with E-state index in [0.717, 1.165) is 17.7 Å². The van der Waals surface area contributed by atoms with E-state index < -0.39 is 15.3 Å². The van der Waals surface area contributed by atoms with Gasteiger partial charge in [-0.1, -0.05) is 11.6 Å². The number of rotatable bonds is 7. The van der Waals surface area contributed by atoms with E-state index in [4.69, 9.17) is 11.6 Å². The average Bonchev–Trinajstić information content (AvgIpc) is 3.06. The van der Waals surface area contributed by atoms with Crippen molar-refractivity contribution in [1.29, 1.82) is 0 Å². The minimum absolute atomic E-state index is 0.313. The van der Waals surface area contributed by atoms with Crippen molar-refractivity contribution in [1.82, 2.24) is 10.0 Å². The van der Waals surface area contributed by atoms with Crippen LogP contribution in [0.25, 0.3) is 0 Å². The lowest BCUT2D eigenvalue weighted by molar-refractivity contribution is 0.557. The van der Waals surface area contributed by atoms with E-state index in [9.17, 15) is 8.42 Å². The van der Waals surface area contributed by atoms with Gasteiger partial charge < -0.3 is 5.32 Å². The van der Waals surface area contributed by atoms with Crippen LogP contribution in [0.4, 0.5) is 0 Å². The SMILES string of the molecule is CC(CNC1CC1)S(=O)(=O)NCc1ccc(Cl)s1. The monoisotopic (exact) mass is 308 g/mol. The molecule has 1 saturated carbocycles. The molecule has 2 rings (SSSR count). The summed E-state index contributed by atoms with van der Waals surface area (Å²) >= 11 is 7.19. The molecule has 1 aliphatic carbocycles. The second kappa shape index (κ2) is 5.88. The number of thiophene rings is 1. The Morgan fingerprint density at radius 1 is 1.50 bits per heavy atom. The lowest BCUT2D eigenvalue weighted by Crippen LogP contribution is -2.39. The van der Waals surface area contributed by atoms with Crippen LogP contribution in [0.5, 0.6) is 0 Å². The van der Waals surface area contributed by atoms with Crippen molar-refractivity contribution >= 4 is 33.0 Å². The maximum Gasteiger partial charge on any atom is 0.215 e. The van der Waals surface area contributed by atoms with Crippen LogP contribution in [0, 0.1) is 0 Å². The summed E-state index contributed by atoms with van der Waals surface area (Å²) in [4.78, 5) is 0.922. The molecular weight excluding hydrogens is 292 g/mol. The van der Waals surface area contributed by atoms with Gasteiger partial charge in [-0.15, -0.1) is 11.3 Å². The zero-order valence-electron chi connectivity index (χ0n) is 10.1. The fourth-order valence-electron chi connectivity index (χ4n) is 1.49. The highest BCUT2D eigenvalue weighted by Gasteiger charge is 2.25. The first-order chi connectivity index (χ1) is 8.47. The first kappa shape index (κ1) is 14.3. The molecule has 0 aliphatic heterocycles. The molecule has 1 aliphatic rings. The summed E-state index contributed by atoms with van der Waals surface area (Å²) in [6.07, 6.45) is 2.32. The Morgan fingerprint density at radius 2 is 2.22 bits per heavy atom. The van der Waals surface area contributed by atoms with Crippen molar-refractivity contribution in [2.75, 3.05) is 6.54 Å². The molecule has 1 aromatic heterocycles. The van der Waals surface area contributed by atoms with Crippen LogP contribution in [0.2, 0.25) is 4.34 Å². The molecule has 0 radical (unpaired) electrons. The van der Waals surface area contributed by atoms with E-state index in [2.05, 4.69) is 10.0 Å². The van der Waals surface area contributed by atoms with Gasteiger partial charge in [0.25, 0.3) is 0 Å². The summed E-state index contributed by atoms with van der Waals surface area (Å²) in [7, 11) is -3.27. The summed E-state index contributed by atoms with van der Waals surface area (Å²) in [6, 6.07) is 4.13. The number of hydrogen-bond donors (Lipinski definition) is 2. The van der Waals surface area contributed by atoms with Gasteiger partial charge in [0, 0.05) is 24.0 Å². The van der Waals surface area contributed by atoms with Crippen LogP contribution in [0.3, 0.4) is 0 Å². The number of nitrogens with one attached hydrogen (secondary N) is 2. The minimum atomic E-state index is -3.27. The van der Waals surface area contributed by atoms with Gasteiger partial charge in [0.1, 0.15) is 0 Å². The van der Waals surface area contributed by atoms with Crippen LogP contribution in [0.15, 0.2) is 12.1 Å². The molecule has 4 nitrogen and oxygen atoms in total. The fraction of sp³-hybridized carbons (Fsp3) is 0.636. The molecular formula is C11H17ClN2O2S2. The maximum atomic E-state index is 12.0. The van der Waals surface area contributed by atoms with E-state index in [-0.39, 0.29) is 0 Å². The Bertz CT molecular complexity index is 497. The average molecular weight is 309 g/mol. The molecule has 1 unspecified atom stereocenters. The first-order valence-electron chi connectivity index (χ1n) is 5.93. The molecule has 7 heteroatoms. The highest BCUT2D eigenvalue weighted by atomic mass is 35.5. The van der Waals surface area contributed by atoms with Gasteiger partial charge in [-0.05, 0) is 31.9 Å². The summed E-state index contributed by atoms with van der Waals surface area (Å²) in [5.41, 5.74) is 0. The normalized spacial score (nSPS) is 17.9. The van der Waals surface area contributed by atoms with Crippen molar-refractivity contribution < 1.29 is 8.42 Å². The van der Waals surface area contributed by atoms with E-state index in [1.165, 1.54) is 11.3 Å². The van der Waals surface area contributed by atoms with Gasteiger partial charge in [-0.3, -0.25) is 0 Å². The molecule has 0 amide bonds. The smallest absolute Gasteiger partial charge is 0.215 e. The van der Waals surface area contributed by atoms with E-state index in [1.807, 2.05) is 6.07 Å². The van der Waals surface area contributed by atoms with Gasteiger partial charge in [0.05, 0.1) is 9.59 Å². The van der Waals surface area contributed by atoms with Crippen LogP contribution in [-0.4, -0.2) is 26.3 Å². The zero-order chi connectivity index (χ0) is 13.2. The summed E-state index contributed by atoms with van der Waals surface area (Å²) in [5.74, 6) is 0. The quantitative estimate of drug-likeness (QED) is 0.809. The maximum absolute atomic E-state index is 12.0. The van der Waals surface area contributed by atoms with Gasteiger partial charge in [-0.2, -0.15) is 0 Å². The Morgan fingerprint density at radius 3 is 2.78 bits per heavy atom. The van der Waals surface area contributed by atoms with Crippen LogP contribution < -0.4 is 10.0 Å². The van der Waals surface area contributed by atoms with Crippen LogP contribution >= 0.6 is 22.9 Å². The molecule has 18 heavy (non-hydrogen) atoms. The molecule has 0 bridgehead atoms. The van der Waals surface area contributed by atoms with Gasteiger partial charge in [-0.25, -0.2) is 13.1 Å². The molecule has 0 saturated heterocycles. The number of sulfonamides is 1. The predicted octanol–water partition coefficient (Wildman–Crippen LogP) is 1.96. The summed E-state index contributed by atoms with van der Waals surface area (Å²) in [5, 5.41) is 2.80. The van der Waals surface area contributed by atoms with Crippen molar-refractivity contribution in [2.45, 2.75) is 37.6 Å². The van der Waals surface area contributed by atoms with Gasteiger partial charge in [0.15, 0.2) is 0 Å². The molecule has 0 spiro atoms. The number of halogens is 1. The van der Waals surface area contributed by atoms with Gasteiger partial charge >= 0.3 is 0 Å². The molecule has 1 aromatic rings. The molecule has 1 heterocycles. The number of hydrogen-bond acceptors (Lipinski definition) is 4. The first-order valence-corrected chi connectivity index (χ1v) is 8.67. The zero-order valence-corrected chi connectivity index (χ0v) is 12.5. The fourth-order valence-corrected chi connectivity index (χ4v) is 3.57. The molecule has 2 N–H and O–H groups in total. The molecule has 1 fully saturated rings.